The molecule has 0 atom stereocenters. The van der Waals surface area contributed by atoms with Gasteiger partial charge in [0.25, 0.3) is 5.56 Å². The van der Waals surface area contributed by atoms with Crippen molar-refractivity contribution in [2.45, 2.75) is 18.9 Å². The third-order valence-electron chi connectivity index (χ3n) is 2.49. The smallest absolute Gasteiger partial charge is 0.250 e. The van der Waals surface area contributed by atoms with Crippen LogP contribution >= 0.6 is 15.9 Å². The zero-order valence-corrected chi connectivity index (χ0v) is 9.37. The summed E-state index contributed by atoms with van der Waals surface area (Å²) in [5, 5.41) is 0. The summed E-state index contributed by atoms with van der Waals surface area (Å²) in [5.41, 5.74) is 0.0695. The third kappa shape index (κ3) is 2.07. The molecular weight excluding hydrogens is 246 g/mol. The van der Waals surface area contributed by atoms with Gasteiger partial charge >= 0.3 is 0 Å². The number of nitrogens with zero attached hydrogens (tertiary/aromatic N) is 1. The first-order chi connectivity index (χ1) is 6.77. The maximum atomic E-state index is 11.6. The van der Waals surface area contributed by atoms with Crippen molar-refractivity contribution >= 4 is 15.9 Å². The molecule has 1 aromatic rings. The van der Waals surface area contributed by atoms with E-state index < -0.39 is 0 Å². The maximum Gasteiger partial charge on any atom is 0.250 e. The van der Waals surface area contributed by atoms with Crippen molar-refractivity contribution in [2.75, 3.05) is 13.2 Å². The van der Waals surface area contributed by atoms with Gasteiger partial charge in [-0.05, 0) is 34.8 Å². The van der Waals surface area contributed by atoms with Crippen molar-refractivity contribution in [3.05, 3.63) is 33.2 Å². The summed E-state index contributed by atoms with van der Waals surface area (Å²) in [7, 11) is 0. The number of aromatic nitrogens is 1. The summed E-state index contributed by atoms with van der Waals surface area (Å²) in [5.74, 6) is 0. The maximum absolute atomic E-state index is 11.6. The Kier molecular flexibility index (Phi) is 3.03. The number of ether oxygens (including phenoxy) is 1. The van der Waals surface area contributed by atoms with Gasteiger partial charge in [0.15, 0.2) is 0 Å². The predicted octanol–water partition coefficient (Wildman–Crippen LogP) is 1.96. The SMILES string of the molecule is O=c1ccc(Br)cn1C1CCOCC1. The van der Waals surface area contributed by atoms with Crippen molar-refractivity contribution in [3.8, 4) is 0 Å². The van der Waals surface area contributed by atoms with E-state index >= 15 is 0 Å². The predicted molar refractivity (Wildman–Crippen MR) is 57.5 cm³/mol. The van der Waals surface area contributed by atoms with Crippen LogP contribution in [0, 0.1) is 0 Å². The molecule has 0 amide bonds. The standard InChI is InChI=1S/C10H12BrNO2/c11-8-1-2-10(13)12(7-8)9-3-5-14-6-4-9/h1-2,7,9H,3-6H2. The highest BCUT2D eigenvalue weighted by Gasteiger charge is 2.16. The van der Waals surface area contributed by atoms with Crippen LogP contribution < -0.4 is 5.56 Å². The molecule has 76 valence electrons. The summed E-state index contributed by atoms with van der Waals surface area (Å²) in [4.78, 5) is 11.6. The minimum atomic E-state index is 0.0695. The Labute approximate surface area is 90.8 Å². The molecule has 14 heavy (non-hydrogen) atoms. The fraction of sp³-hybridized carbons (Fsp3) is 0.500. The number of halogens is 1. The lowest BCUT2D eigenvalue weighted by Gasteiger charge is -2.24. The minimum absolute atomic E-state index is 0.0695. The number of hydrogen-bond acceptors (Lipinski definition) is 2. The van der Waals surface area contributed by atoms with Crippen LogP contribution in [0.4, 0.5) is 0 Å². The van der Waals surface area contributed by atoms with Crippen molar-refractivity contribution in [1.82, 2.24) is 4.57 Å². The average molecular weight is 258 g/mol. The summed E-state index contributed by atoms with van der Waals surface area (Å²) >= 11 is 3.37. The monoisotopic (exact) mass is 257 g/mol. The topological polar surface area (TPSA) is 31.2 Å². The Bertz CT molecular complexity index is 369. The quantitative estimate of drug-likeness (QED) is 0.771. The van der Waals surface area contributed by atoms with E-state index in [1.807, 2.05) is 6.20 Å². The van der Waals surface area contributed by atoms with Gasteiger partial charge < -0.3 is 9.30 Å². The zero-order valence-electron chi connectivity index (χ0n) is 7.78. The summed E-state index contributed by atoms with van der Waals surface area (Å²) in [6.45, 7) is 1.51. The third-order valence-corrected chi connectivity index (χ3v) is 2.96. The fourth-order valence-electron chi connectivity index (χ4n) is 1.73. The van der Waals surface area contributed by atoms with Crippen LogP contribution in [0.25, 0.3) is 0 Å². The second-order valence-electron chi connectivity index (χ2n) is 3.44. The highest BCUT2D eigenvalue weighted by Crippen LogP contribution is 2.20. The first kappa shape index (κ1) is 9.93. The van der Waals surface area contributed by atoms with Gasteiger partial charge in [0.1, 0.15) is 0 Å². The molecule has 0 bridgehead atoms. The van der Waals surface area contributed by atoms with E-state index in [0.29, 0.717) is 6.04 Å². The van der Waals surface area contributed by atoms with Gasteiger partial charge in [-0.3, -0.25) is 4.79 Å². The second kappa shape index (κ2) is 4.28. The van der Waals surface area contributed by atoms with Crippen molar-refractivity contribution in [1.29, 1.82) is 0 Å². The van der Waals surface area contributed by atoms with Gasteiger partial charge in [-0.1, -0.05) is 0 Å². The van der Waals surface area contributed by atoms with E-state index in [-0.39, 0.29) is 5.56 Å². The molecule has 1 saturated heterocycles. The molecule has 4 heteroatoms. The first-order valence-electron chi connectivity index (χ1n) is 4.73. The van der Waals surface area contributed by atoms with Crippen molar-refractivity contribution in [3.63, 3.8) is 0 Å². The molecule has 2 rings (SSSR count). The molecule has 0 unspecified atom stereocenters. The van der Waals surface area contributed by atoms with E-state index in [2.05, 4.69) is 15.9 Å². The summed E-state index contributed by atoms with van der Waals surface area (Å²) in [6.07, 6.45) is 3.71. The second-order valence-corrected chi connectivity index (χ2v) is 4.35. The van der Waals surface area contributed by atoms with E-state index in [1.165, 1.54) is 0 Å². The van der Waals surface area contributed by atoms with Crippen LogP contribution in [0.2, 0.25) is 0 Å². The van der Waals surface area contributed by atoms with E-state index in [4.69, 9.17) is 4.74 Å². The molecule has 2 heterocycles. The first-order valence-corrected chi connectivity index (χ1v) is 5.52. The van der Waals surface area contributed by atoms with E-state index in [9.17, 15) is 4.79 Å². The van der Waals surface area contributed by atoms with Crippen LogP contribution in [0.1, 0.15) is 18.9 Å². The van der Waals surface area contributed by atoms with Crippen LogP contribution in [-0.2, 0) is 4.74 Å². The largest absolute Gasteiger partial charge is 0.381 e. The number of pyridine rings is 1. The molecule has 1 aliphatic heterocycles. The van der Waals surface area contributed by atoms with Crippen molar-refractivity contribution in [2.24, 2.45) is 0 Å². The molecule has 1 aromatic heterocycles. The Morgan fingerprint density at radius 2 is 2.07 bits per heavy atom. The van der Waals surface area contributed by atoms with Gasteiger partial charge in [0, 0.05) is 36.0 Å². The summed E-state index contributed by atoms with van der Waals surface area (Å²) in [6, 6.07) is 3.67. The van der Waals surface area contributed by atoms with E-state index in [0.717, 1.165) is 30.5 Å². The molecule has 0 aliphatic carbocycles. The van der Waals surface area contributed by atoms with Crippen LogP contribution in [0.15, 0.2) is 27.6 Å². The Hall–Kier alpha value is -0.610. The number of hydrogen-bond donors (Lipinski definition) is 0. The van der Waals surface area contributed by atoms with Crippen LogP contribution in [0.3, 0.4) is 0 Å². The minimum Gasteiger partial charge on any atom is -0.381 e. The molecule has 0 aromatic carbocycles. The fourth-order valence-corrected chi connectivity index (χ4v) is 2.08. The molecule has 1 fully saturated rings. The average Bonchev–Trinajstić information content (AvgIpc) is 2.23. The Morgan fingerprint density at radius 3 is 2.79 bits per heavy atom. The summed E-state index contributed by atoms with van der Waals surface area (Å²) < 4.78 is 8.01. The number of rotatable bonds is 1. The molecule has 3 nitrogen and oxygen atoms in total. The molecule has 1 aliphatic rings. The van der Waals surface area contributed by atoms with E-state index in [1.54, 1.807) is 16.7 Å². The molecular formula is C10H12BrNO2. The van der Waals surface area contributed by atoms with Crippen LogP contribution in [0.5, 0.6) is 0 Å². The lowest BCUT2D eigenvalue weighted by atomic mass is 10.1. The van der Waals surface area contributed by atoms with Crippen LogP contribution in [-0.4, -0.2) is 17.8 Å². The van der Waals surface area contributed by atoms with Gasteiger partial charge in [0.05, 0.1) is 0 Å². The zero-order chi connectivity index (χ0) is 9.97. The van der Waals surface area contributed by atoms with Gasteiger partial charge in [-0.2, -0.15) is 0 Å². The van der Waals surface area contributed by atoms with Gasteiger partial charge in [0.2, 0.25) is 0 Å². The molecule has 0 radical (unpaired) electrons. The Balaban J connectivity index is 2.29. The molecule has 0 saturated carbocycles. The molecule has 0 N–H and O–H groups in total. The van der Waals surface area contributed by atoms with Gasteiger partial charge in [-0.25, -0.2) is 0 Å². The van der Waals surface area contributed by atoms with Gasteiger partial charge in [-0.15, -0.1) is 0 Å². The normalized spacial score (nSPS) is 18.4. The highest BCUT2D eigenvalue weighted by atomic mass is 79.9. The molecule has 0 spiro atoms. The lowest BCUT2D eigenvalue weighted by molar-refractivity contribution is 0.0686. The Morgan fingerprint density at radius 1 is 1.36 bits per heavy atom. The lowest BCUT2D eigenvalue weighted by Crippen LogP contribution is -2.28. The van der Waals surface area contributed by atoms with Crippen molar-refractivity contribution < 1.29 is 4.74 Å². The highest BCUT2D eigenvalue weighted by molar-refractivity contribution is 9.10.